The van der Waals surface area contributed by atoms with Crippen LogP contribution in [0.15, 0.2) is 59.7 Å². The molecule has 7 heteroatoms. The first kappa shape index (κ1) is 17.6. The monoisotopic (exact) mass is 391 g/mol. The molecule has 0 saturated carbocycles. The highest BCUT2D eigenvalue weighted by molar-refractivity contribution is 5.95. The third-order valence-corrected chi connectivity index (χ3v) is 5.52. The lowest BCUT2D eigenvalue weighted by Crippen LogP contribution is -2.37. The van der Waals surface area contributed by atoms with Crippen LogP contribution in [0.5, 0.6) is 0 Å². The molecular formula is C22H18FN3O3. The normalized spacial score (nSPS) is 16.1. The molecule has 6 nitrogen and oxygen atoms in total. The first-order chi connectivity index (χ1) is 14.0. The van der Waals surface area contributed by atoms with Crippen molar-refractivity contribution in [1.82, 2.24) is 14.3 Å². The summed E-state index contributed by atoms with van der Waals surface area (Å²) in [6.45, 7) is 0.533. The van der Waals surface area contributed by atoms with Crippen molar-refractivity contribution in [1.29, 1.82) is 0 Å². The fraction of sp³-hybridized carbons (Fsp3) is 0.182. The van der Waals surface area contributed by atoms with Crippen molar-refractivity contribution in [3.8, 4) is 0 Å². The van der Waals surface area contributed by atoms with E-state index in [4.69, 9.17) is 4.74 Å². The lowest BCUT2D eigenvalue weighted by molar-refractivity contribution is 0.0335. The number of benzene rings is 1. The Hall–Kier alpha value is -3.45. The minimum Gasteiger partial charge on any atom is -0.373 e. The Balaban J connectivity index is 1.60. The number of hydrogen-bond acceptors (Lipinski definition) is 3. The van der Waals surface area contributed by atoms with Gasteiger partial charge in [0.15, 0.2) is 0 Å². The number of rotatable bonds is 2. The zero-order valence-electron chi connectivity index (χ0n) is 15.7. The number of halogens is 1. The number of aromatic nitrogens is 2. The predicted molar refractivity (Wildman–Crippen MR) is 106 cm³/mol. The van der Waals surface area contributed by atoms with E-state index in [1.807, 2.05) is 28.8 Å². The SMILES string of the molecule is CN(C(=O)c1ccc2cccn2c1)C1COCc2[nH]c(=O)c3cc(F)ccc3c21. The second-order valence-electron chi connectivity index (χ2n) is 7.24. The van der Waals surface area contributed by atoms with Gasteiger partial charge in [0, 0.05) is 36.2 Å². The van der Waals surface area contributed by atoms with Gasteiger partial charge in [-0.05, 0) is 41.8 Å². The molecule has 1 aromatic carbocycles. The highest BCUT2D eigenvalue weighted by Gasteiger charge is 2.31. The van der Waals surface area contributed by atoms with E-state index in [9.17, 15) is 14.0 Å². The minimum absolute atomic E-state index is 0.163. The number of hydrogen-bond donors (Lipinski definition) is 1. The van der Waals surface area contributed by atoms with E-state index >= 15 is 0 Å². The Bertz CT molecular complexity index is 1320. The van der Waals surface area contributed by atoms with Crippen molar-refractivity contribution in [2.24, 2.45) is 0 Å². The predicted octanol–water partition coefficient (Wildman–Crippen LogP) is 3.26. The average Bonchev–Trinajstić information content (AvgIpc) is 3.20. The Morgan fingerprint density at radius 3 is 2.97 bits per heavy atom. The first-order valence-electron chi connectivity index (χ1n) is 9.29. The van der Waals surface area contributed by atoms with Gasteiger partial charge in [0.25, 0.3) is 11.5 Å². The summed E-state index contributed by atoms with van der Waals surface area (Å²) in [5.41, 5.74) is 2.59. The highest BCUT2D eigenvalue weighted by Crippen LogP contribution is 2.33. The number of nitrogens with one attached hydrogen (secondary N) is 1. The van der Waals surface area contributed by atoms with E-state index in [-0.39, 0.29) is 23.5 Å². The molecule has 4 aromatic rings. The van der Waals surface area contributed by atoms with E-state index in [0.29, 0.717) is 23.3 Å². The van der Waals surface area contributed by atoms with Crippen LogP contribution in [-0.2, 0) is 11.3 Å². The lowest BCUT2D eigenvalue weighted by Gasteiger charge is -2.33. The third-order valence-electron chi connectivity index (χ3n) is 5.52. The number of amides is 1. The van der Waals surface area contributed by atoms with Crippen LogP contribution in [0, 0.1) is 5.82 Å². The van der Waals surface area contributed by atoms with Gasteiger partial charge in [0.2, 0.25) is 0 Å². The van der Waals surface area contributed by atoms with Crippen LogP contribution in [0.3, 0.4) is 0 Å². The van der Waals surface area contributed by atoms with E-state index in [1.54, 1.807) is 30.3 Å². The molecule has 1 atom stereocenters. The standard InChI is InChI=1S/C22H18FN3O3/c1-25(22(28)13-4-6-15-3-2-8-26(15)10-13)19-12-29-11-18-20(19)16-7-5-14(23)9-17(16)21(27)24-18/h2-10,19H,11-12H2,1H3,(H,24,27). The number of aromatic amines is 1. The summed E-state index contributed by atoms with van der Waals surface area (Å²) in [5, 5.41) is 0.907. The fourth-order valence-corrected chi connectivity index (χ4v) is 4.03. The molecule has 1 aliphatic heterocycles. The van der Waals surface area contributed by atoms with Crippen LogP contribution in [0.25, 0.3) is 16.3 Å². The Kier molecular flexibility index (Phi) is 3.99. The van der Waals surface area contributed by atoms with Gasteiger partial charge in [-0.15, -0.1) is 0 Å². The number of nitrogens with zero attached hydrogens (tertiary/aromatic N) is 2. The Morgan fingerprint density at radius 1 is 1.24 bits per heavy atom. The van der Waals surface area contributed by atoms with E-state index in [0.717, 1.165) is 11.1 Å². The van der Waals surface area contributed by atoms with Gasteiger partial charge in [0.1, 0.15) is 5.82 Å². The minimum atomic E-state index is -0.476. The van der Waals surface area contributed by atoms with Gasteiger partial charge in [-0.2, -0.15) is 0 Å². The molecule has 0 saturated heterocycles. The van der Waals surface area contributed by atoms with Crippen molar-refractivity contribution in [2.75, 3.05) is 13.7 Å². The number of pyridine rings is 2. The topological polar surface area (TPSA) is 66.8 Å². The van der Waals surface area contributed by atoms with Gasteiger partial charge in [-0.1, -0.05) is 6.07 Å². The summed E-state index contributed by atoms with van der Waals surface area (Å²) in [4.78, 5) is 30.0. The maximum Gasteiger partial charge on any atom is 0.256 e. The summed E-state index contributed by atoms with van der Waals surface area (Å²) in [6.07, 6.45) is 3.68. The molecule has 1 N–H and O–H groups in total. The molecule has 146 valence electrons. The molecule has 0 spiro atoms. The molecule has 0 aliphatic carbocycles. The van der Waals surface area contributed by atoms with Crippen LogP contribution in [0.1, 0.15) is 27.7 Å². The van der Waals surface area contributed by atoms with Gasteiger partial charge in [0.05, 0.1) is 30.2 Å². The van der Waals surface area contributed by atoms with Gasteiger partial charge in [-0.3, -0.25) is 9.59 Å². The summed E-state index contributed by atoms with van der Waals surface area (Å²) < 4.78 is 21.3. The summed E-state index contributed by atoms with van der Waals surface area (Å²) >= 11 is 0. The molecule has 3 aromatic heterocycles. The summed E-state index contributed by atoms with van der Waals surface area (Å²) in [7, 11) is 1.71. The number of fused-ring (bicyclic) bond motifs is 4. The van der Waals surface area contributed by atoms with Crippen LogP contribution in [0.4, 0.5) is 4.39 Å². The highest BCUT2D eigenvalue weighted by atomic mass is 19.1. The average molecular weight is 391 g/mol. The number of likely N-dealkylation sites (N-methyl/N-ethyl adjacent to an activating group) is 1. The zero-order valence-corrected chi connectivity index (χ0v) is 15.7. The number of carbonyl (C=O) groups excluding carboxylic acids is 1. The number of carbonyl (C=O) groups is 1. The molecule has 0 bridgehead atoms. The van der Waals surface area contributed by atoms with Crippen molar-refractivity contribution >= 4 is 22.2 Å². The second kappa shape index (κ2) is 6.56. The van der Waals surface area contributed by atoms with Crippen LogP contribution in [-0.4, -0.2) is 33.8 Å². The van der Waals surface area contributed by atoms with E-state index < -0.39 is 11.9 Å². The molecule has 0 radical (unpaired) electrons. The quantitative estimate of drug-likeness (QED) is 0.570. The van der Waals surface area contributed by atoms with Crippen molar-refractivity contribution in [3.05, 3.63) is 87.9 Å². The van der Waals surface area contributed by atoms with Gasteiger partial charge >= 0.3 is 0 Å². The molecule has 1 amide bonds. The fourth-order valence-electron chi connectivity index (χ4n) is 4.03. The lowest BCUT2D eigenvalue weighted by atomic mass is 9.95. The summed E-state index contributed by atoms with van der Waals surface area (Å²) in [5.74, 6) is -0.639. The molecule has 1 unspecified atom stereocenters. The van der Waals surface area contributed by atoms with Crippen molar-refractivity contribution in [2.45, 2.75) is 12.6 Å². The molecule has 1 aliphatic rings. The number of ether oxygens (including phenoxy) is 1. The van der Waals surface area contributed by atoms with Gasteiger partial charge in [-0.25, -0.2) is 4.39 Å². The molecule has 4 heterocycles. The summed E-state index contributed by atoms with van der Waals surface area (Å²) in [6, 6.07) is 11.3. The maximum atomic E-state index is 13.7. The Morgan fingerprint density at radius 2 is 2.10 bits per heavy atom. The third kappa shape index (κ3) is 2.82. The Labute approximate surface area is 165 Å². The first-order valence-corrected chi connectivity index (χ1v) is 9.29. The molecule has 29 heavy (non-hydrogen) atoms. The van der Waals surface area contributed by atoms with Crippen LogP contribution in [0.2, 0.25) is 0 Å². The van der Waals surface area contributed by atoms with E-state index in [1.165, 1.54) is 12.1 Å². The van der Waals surface area contributed by atoms with Crippen LogP contribution < -0.4 is 5.56 Å². The maximum absolute atomic E-state index is 13.7. The van der Waals surface area contributed by atoms with Crippen molar-refractivity contribution < 1.29 is 13.9 Å². The largest absolute Gasteiger partial charge is 0.373 e. The zero-order chi connectivity index (χ0) is 20.1. The number of H-pyrrole nitrogens is 1. The molecule has 0 fully saturated rings. The molecular weight excluding hydrogens is 373 g/mol. The van der Waals surface area contributed by atoms with Crippen LogP contribution >= 0.6 is 0 Å². The smallest absolute Gasteiger partial charge is 0.256 e. The van der Waals surface area contributed by atoms with Crippen molar-refractivity contribution in [3.63, 3.8) is 0 Å². The van der Waals surface area contributed by atoms with Gasteiger partial charge < -0.3 is 19.0 Å². The molecule has 5 rings (SSSR count). The second-order valence-corrected chi connectivity index (χ2v) is 7.24. The van der Waals surface area contributed by atoms with E-state index in [2.05, 4.69) is 4.98 Å².